The zero-order valence-corrected chi connectivity index (χ0v) is 11.7. The highest BCUT2D eigenvalue weighted by molar-refractivity contribution is 4.78. The van der Waals surface area contributed by atoms with Crippen LogP contribution in [0.3, 0.4) is 0 Å². The van der Waals surface area contributed by atoms with E-state index in [0.717, 1.165) is 39.0 Å². The quantitative estimate of drug-likeness (QED) is 0.665. The number of unbranched alkanes of at least 4 members (excludes halogenated alkanes) is 1. The van der Waals surface area contributed by atoms with Gasteiger partial charge in [0.15, 0.2) is 0 Å². The zero-order valence-electron chi connectivity index (χ0n) is 11.7. The third kappa shape index (κ3) is 7.02. The first-order chi connectivity index (χ1) is 8.22. The Hall–Kier alpha value is -0.120. The summed E-state index contributed by atoms with van der Waals surface area (Å²) in [4.78, 5) is 0. The van der Waals surface area contributed by atoms with Gasteiger partial charge >= 0.3 is 0 Å². The fourth-order valence-corrected chi connectivity index (χ4v) is 2.40. The zero-order chi connectivity index (χ0) is 12.5. The Balaban J connectivity index is 1.95. The Morgan fingerprint density at radius 1 is 1.12 bits per heavy atom. The molecule has 3 nitrogen and oxygen atoms in total. The second-order valence-corrected chi connectivity index (χ2v) is 5.20. The van der Waals surface area contributed by atoms with E-state index in [9.17, 15) is 0 Å². The molecule has 1 aliphatic rings. The molecule has 2 unspecified atom stereocenters. The van der Waals surface area contributed by atoms with Gasteiger partial charge in [-0.1, -0.05) is 13.3 Å². The minimum atomic E-state index is 0.400. The monoisotopic (exact) mass is 243 g/mol. The first-order valence-corrected chi connectivity index (χ1v) is 7.19. The van der Waals surface area contributed by atoms with Gasteiger partial charge in [-0.3, -0.25) is 0 Å². The largest absolute Gasteiger partial charge is 0.381 e. The van der Waals surface area contributed by atoms with E-state index in [1.807, 2.05) is 0 Å². The minimum absolute atomic E-state index is 0.400. The van der Waals surface area contributed by atoms with Crippen LogP contribution in [-0.2, 0) is 9.47 Å². The van der Waals surface area contributed by atoms with Crippen molar-refractivity contribution in [3.63, 3.8) is 0 Å². The highest BCUT2D eigenvalue weighted by atomic mass is 16.5. The van der Waals surface area contributed by atoms with Crippen LogP contribution in [0.25, 0.3) is 0 Å². The maximum atomic E-state index is 5.72. The molecule has 0 radical (unpaired) electrons. The van der Waals surface area contributed by atoms with Gasteiger partial charge < -0.3 is 14.8 Å². The van der Waals surface area contributed by atoms with Crippen LogP contribution in [0.5, 0.6) is 0 Å². The molecule has 1 heterocycles. The van der Waals surface area contributed by atoms with Crippen molar-refractivity contribution < 1.29 is 9.47 Å². The van der Waals surface area contributed by atoms with Gasteiger partial charge in [-0.2, -0.15) is 0 Å². The highest BCUT2D eigenvalue weighted by Crippen LogP contribution is 2.18. The molecule has 1 saturated heterocycles. The summed E-state index contributed by atoms with van der Waals surface area (Å²) in [5.74, 6) is 0. The molecule has 1 N–H and O–H groups in total. The van der Waals surface area contributed by atoms with Gasteiger partial charge in [0.25, 0.3) is 0 Å². The molecule has 1 rings (SSSR count). The van der Waals surface area contributed by atoms with Crippen molar-refractivity contribution in [3.8, 4) is 0 Å². The fourth-order valence-electron chi connectivity index (χ4n) is 2.40. The van der Waals surface area contributed by atoms with E-state index >= 15 is 0 Å². The molecular formula is C14H29NO2. The molecule has 17 heavy (non-hydrogen) atoms. The van der Waals surface area contributed by atoms with Crippen LogP contribution < -0.4 is 5.32 Å². The first-order valence-electron chi connectivity index (χ1n) is 7.19. The molecule has 1 aliphatic heterocycles. The molecule has 0 aromatic heterocycles. The standard InChI is InChI=1S/C14H29NO2/c1-4-5-8-16-9-6-7-15-14-10-12(2)17-13(3)11-14/h12-15H,4-11H2,1-3H3. The molecule has 0 aliphatic carbocycles. The van der Waals surface area contributed by atoms with Crippen molar-refractivity contribution in [1.29, 1.82) is 0 Å². The van der Waals surface area contributed by atoms with E-state index in [2.05, 4.69) is 26.1 Å². The van der Waals surface area contributed by atoms with Gasteiger partial charge in [0.2, 0.25) is 0 Å². The van der Waals surface area contributed by atoms with E-state index in [1.165, 1.54) is 12.8 Å². The van der Waals surface area contributed by atoms with Crippen LogP contribution in [0.1, 0.15) is 52.9 Å². The average Bonchev–Trinajstić information content (AvgIpc) is 2.26. The lowest BCUT2D eigenvalue weighted by atomic mass is 10.00. The van der Waals surface area contributed by atoms with Crippen LogP contribution >= 0.6 is 0 Å². The number of hydrogen-bond donors (Lipinski definition) is 1. The molecule has 1 fully saturated rings. The number of nitrogens with one attached hydrogen (secondary N) is 1. The molecule has 0 amide bonds. The molecular weight excluding hydrogens is 214 g/mol. The van der Waals surface area contributed by atoms with Crippen molar-refractivity contribution >= 4 is 0 Å². The van der Waals surface area contributed by atoms with E-state index in [4.69, 9.17) is 9.47 Å². The lowest BCUT2D eigenvalue weighted by Gasteiger charge is -2.32. The summed E-state index contributed by atoms with van der Waals surface area (Å²) in [6.45, 7) is 9.40. The fraction of sp³-hybridized carbons (Fsp3) is 1.00. The van der Waals surface area contributed by atoms with Crippen LogP contribution in [0.4, 0.5) is 0 Å². The minimum Gasteiger partial charge on any atom is -0.381 e. The Bertz CT molecular complexity index is 177. The highest BCUT2D eigenvalue weighted by Gasteiger charge is 2.23. The molecule has 0 saturated carbocycles. The second-order valence-electron chi connectivity index (χ2n) is 5.20. The first kappa shape index (κ1) is 14.9. The van der Waals surface area contributed by atoms with Crippen LogP contribution in [0.15, 0.2) is 0 Å². The van der Waals surface area contributed by atoms with E-state index < -0.39 is 0 Å². The Morgan fingerprint density at radius 2 is 1.76 bits per heavy atom. The molecule has 102 valence electrons. The predicted octanol–water partition coefficient (Wildman–Crippen LogP) is 2.74. The maximum absolute atomic E-state index is 5.72. The van der Waals surface area contributed by atoms with Crippen LogP contribution in [0, 0.1) is 0 Å². The maximum Gasteiger partial charge on any atom is 0.0565 e. The molecule has 2 atom stereocenters. The lowest BCUT2D eigenvalue weighted by Crippen LogP contribution is -2.41. The normalized spacial score (nSPS) is 29.5. The van der Waals surface area contributed by atoms with Crippen LogP contribution in [-0.4, -0.2) is 38.0 Å². The summed E-state index contributed by atoms with van der Waals surface area (Å²) in [6, 6.07) is 0.629. The van der Waals surface area contributed by atoms with Crippen molar-refractivity contribution in [3.05, 3.63) is 0 Å². The summed E-state index contributed by atoms with van der Waals surface area (Å²) in [7, 11) is 0. The van der Waals surface area contributed by atoms with Crippen molar-refractivity contribution in [2.45, 2.75) is 71.1 Å². The summed E-state index contributed by atoms with van der Waals surface area (Å²) >= 11 is 0. The molecule has 3 heteroatoms. The van der Waals surface area contributed by atoms with E-state index in [0.29, 0.717) is 18.2 Å². The Morgan fingerprint density at radius 3 is 2.41 bits per heavy atom. The van der Waals surface area contributed by atoms with Gasteiger partial charge in [0.05, 0.1) is 12.2 Å². The van der Waals surface area contributed by atoms with Gasteiger partial charge in [-0.25, -0.2) is 0 Å². The topological polar surface area (TPSA) is 30.5 Å². The predicted molar refractivity (Wildman–Crippen MR) is 71.4 cm³/mol. The number of hydrogen-bond acceptors (Lipinski definition) is 3. The molecule has 0 aromatic rings. The molecule has 0 bridgehead atoms. The summed E-state index contributed by atoms with van der Waals surface area (Å²) < 4.78 is 11.3. The summed E-state index contributed by atoms with van der Waals surface area (Å²) in [5.41, 5.74) is 0. The number of ether oxygens (including phenoxy) is 2. The average molecular weight is 243 g/mol. The van der Waals surface area contributed by atoms with Gasteiger partial charge in [-0.15, -0.1) is 0 Å². The van der Waals surface area contributed by atoms with Gasteiger partial charge in [-0.05, 0) is 46.1 Å². The number of rotatable bonds is 8. The third-order valence-electron chi connectivity index (χ3n) is 3.24. The summed E-state index contributed by atoms with van der Waals surface area (Å²) in [5, 5.41) is 3.61. The Labute approximate surface area is 106 Å². The molecule has 0 spiro atoms. The van der Waals surface area contributed by atoms with Crippen molar-refractivity contribution in [2.24, 2.45) is 0 Å². The van der Waals surface area contributed by atoms with E-state index in [-0.39, 0.29) is 0 Å². The summed E-state index contributed by atoms with van der Waals surface area (Å²) in [6.07, 6.45) is 6.60. The van der Waals surface area contributed by atoms with Gasteiger partial charge in [0.1, 0.15) is 0 Å². The smallest absolute Gasteiger partial charge is 0.0565 e. The third-order valence-corrected chi connectivity index (χ3v) is 3.24. The van der Waals surface area contributed by atoms with Crippen LogP contribution in [0.2, 0.25) is 0 Å². The molecule has 0 aromatic carbocycles. The van der Waals surface area contributed by atoms with Crippen molar-refractivity contribution in [2.75, 3.05) is 19.8 Å². The Kier molecular flexibility index (Phi) is 7.82. The van der Waals surface area contributed by atoms with Gasteiger partial charge in [0, 0.05) is 19.3 Å². The second kappa shape index (κ2) is 8.90. The van der Waals surface area contributed by atoms with E-state index in [1.54, 1.807) is 0 Å². The SMILES string of the molecule is CCCCOCCCNC1CC(C)OC(C)C1. The lowest BCUT2D eigenvalue weighted by molar-refractivity contribution is -0.0421. The van der Waals surface area contributed by atoms with Crippen molar-refractivity contribution in [1.82, 2.24) is 5.32 Å².